The van der Waals surface area contributed by atoms with E-state index in [1.807, 2.05) is 25.4 Å². The van der Waals surface area contributed by atoms with E-state index in [0.717, 1.165) is 46.4 Å². The molecule has 0 radical (unpaired) electrons. The Kier molecular flexibility index (Phi) is 5.99. The van der Waals surface area contributed by atoms with Crippen LogP contribution in [0, 0.1) is 19.8 Å². The molecule has 2 N–H and O–H groups in total. The van der Waals surface area contributed by atoms with Gasteiger partial charge in [0.05, 0.1) is 11.9 Å². The average molecular weight is 437 g/mol. The molecule has 2 aromatic carbocycles. The number of hydrogen-bond donors (Lipinski definition) is 2. The van der Waals surface area contributed by atoms with Crippen molar-refractivity contribution >= 4 is 11.4 Å². The molecule has 0 spiro atoms. The minimum atomic E-state index is 0.810. The monoisotopic (exact) mass is 436 g/mol. The molecule has 1 aliphatic rings. The maximum atomic E-state index is 4.68. The van der Waals surface area contributed by atoms with Crippen molar-refractivity contribution in [2.75, 3.05) is 5.32 Å². The smallest absolute Gasteiger partial charge is 0.138 e. The van der Waals surface area contributed by atoms with Crippen molar-refractivity contribution in [3.63, 3.8) is 0 Å². The van der Waals surface area contributed by atoms with Crippen LogP contribution in [-0.2, 0) is 12.8 Å². The van der Waals surface area contributed by atoms with Gasteiger partial charge in [0, 0.05) is 34.4 Å². The highest BCUT2D eigenvalue weighted by atomic mass is 14.9. The zero-order chi connectivity index (χ0) is 22.8. The number of hydrogen-bond acceptors (Lipinski definition) is 3. The Bertz CT molecular complexity index is 1250. The molecule has 0 fully saturated rings. The Balaban J connectivity index is 1.43. The Morgan fingerprint density at radius 3 is 2.76 bits per heavy atom. The Hall–Kier alpha value is -3.40. The maximum absolute atomic E-state index is 4.68. The lowest BCUT2D eigenvalue weighted by Gasteiger charge is -2.16. The number of H-pyrrole nitrogens is 1. The first-order valence-electron chi connectivity index (χ1n) is 12.1. The third-order valence-corrected chi connectivity index (χ3v) is 6.97. The first kappa shape index (κ1) is 21.4. The predicted molar refractivity (Wildman–Crippen MR) is 137 cm³/mol. The van der Waals surface area contributed by atoms with Crippen LogP contribution in [0.1, 0.15) is 48.6 Å². The van der Waals surface area contributed by atoms with Gasteiger partial charge in [-0.3, -0.25) is 4.98 Å². The number of nitrogens with one attached hydrogen (secondary N) is 2. The van der Waals surface area contributed by atoms with Gasteiger partial charge >= 0.3 is 0 Å². The minimum Gasteiger partial charge on any atom is -0.355 e. The van der Waals surface area contributed by atoms with Crippen LogP contribution in [0.3, 0.4) is 0 Å². The van der Waals surface area contributed by atoms with Crippen LogP contribution in [0.5, 0.6) is 0 Å². The normalized spacial score (nSPS) is 15.7. The van der Waals surface area contributed by atoms with Crippen molar-refractivity contribution < 1.29 is 0 Å². The highest BCUT2D eigenvalue weighted by molar-refractivity contribution is 5.73. The van der Waals surface area contributed by atoms with Crippen molar-refractivity contribution in [1.82, 2.24) is 15.0 Å². The lowest BCUT2D eigenvalue weighted by Crippen LogP contribution is -2.03. The van der Waals surface area contributed by atoms with E-state index >= 15 is 0 Å². The molecule has 168 valence electrons. The van der Waals surface area contributed by atoms with E-state index in [1.54, 1.807) is 0 Å². The summed E-state index contributed by atoms with van der Waals surface area (Å²) in [6.07, 6.45) is 10.00. The number of rotatable bonds is 5. The summed E-state index contributed by atoms with van der Waals surface area (Å²) in [7, 11) is 0. The largest absolute Gasteiger partial charge is 0.355 e. The molecule has 0 bridgehead atoms. The van der Waals surface area contributed by atoms with Crippen LogP contribution in [0.15, 0.2) is 60.9 Å². The van der Waals surface area contributed by atoms with E-state index in [2.05, 4.69) is 76.6 Å². The first-order chi connectivity index (χ1) is 16.1. The van der Waals surface area contributed by atoms with Crippen molar-refractivity contribution in [2.45, 2.75) is 52.9 Å². The van der Waals surface area contributed by atoms with Crippen molar-refractivity contribution in [2.24, 2.45) is 5.92 Å². The fourth-order valence-electron chi connectivity index (χ4n) is 4.91. The number of aromatic nitrogens is 3. The molecule has 33 heavy (non-hydrogen) atoms. The molecule has 5 rings (SSSR count). The Labute approximate surface area is 196 Å². The first-order valence-corrected chi connectivity index (χ1v) is 12.1. The molecule has 0 saturated heterocycles. The van der Waals surface area contributed by atoms with Crippen LogP contribution in [0.25, 0.3) is 22.6 Å². The van der Waals surface area contributed by atoms with Crippen molar-refractivity contribution in [3.05, 3.63) is 83.3 Å². The summed E-state index contributed by atoms with van der Waals surface area (Å²) in [6, 6.07) is 17.4. The van der Waals surface area contributed by atoms with Crippen LogP contribution >= 0.6 is 0 Å². The fourth-order valence-corrected chi connectivity index (χ4v) is 4.91. The number of pyridine rings is 1. The summed E-state index contributed by atoms with van der Waals surface area (Å²) in [5.41, 5.74) is 10.7. The van der Waals surface area contributed by atoms with Crippen molar-refractivity contribution in [1.29, 1.82) is 0 Å². The van der Waals surface area contributed by atoms with E-state index in [-0.39, 0.29) is 0 Å². The SMILES string of the molecule is CCC1CCCc2c(cccc2Nc2ccc(C)c(-c3ncc(-c4ccc(C)nc4)[nH]3)c2)C1. The predicted octanol–water partition coefficient (Wildman–Crippen LogP) is 7.40. The van der Waals surface area contributed by atoms with Gasteiger partial charge in [0.25, 0.3) is 0 Å². The summed E-state index contributed by atoms with van der Waals surface area (Å²) in [5.74, 6) is 1.69. The second kappa shape index (κ2) is 9.22. The van der Waals surface area contributed by atoms with E-state index in [1.165, 1.54) is 48.1 Å². The molecule has 1 aliphatic carbocycles. The summed E-state index contributed by atoms with van der Waals surface area (Å²) < 4.78 is 0. The number of aryl methyl sites for hydroxylation is 2. The molecular formula is C29H32N4. The molecule has 4 nitrogen and oxygen atoms in total. The number of fused-ring (bicyclic) bond motifs is 1. The zero-order valence-corrected chi connectivity index (χ0v) is 19.8. The van der Waals surface area contributed by atoms with Gasteiger partial charge in [0.15, 0.2) is 0 Å². The third-order valence-electron chi connectivity index (χ3n) is 6.97. The molecule has 1 unspecified atom stereocenters. The zero-order valence-electron chi connectivity index (χ0n) is 19.8. The van der Waals surface area contributed by atoms with Crippen LogP contribution in [-0.4, -0.2) is 15.0 Å². The summed E-state index contributed by atoms with van der Waals surface area (Å²) in [6.45, 7) is 6.45. The van der Waals surface area contributed by atoms with Gasteiger partial charge in [0.2, 0.25) is 0 Å². The quantitative estimate of drug-likeness (QED) is 0.320. The molecule has 1 atom stereocenters. The van der Waals surface area contributed by atoms with Crippen molar-refractivity contribution in [3.8, 4) is 22.6 Å². The second-order valence-electron chi connectivity index (χ2n) is 9.30. The van der Waals surface area contributed by atoms with Gasteiger partial charge in [-0.15, -0.1) is 0 Å². The van der Waals surface area contributed by atoms with Gasteiger partial charge in [-0.2, -0.15) is 0 Å². The summed E-state index contributed by atoms with van der Waals surface area (Å²) in [4.78, 5) is 12.6. The fraction of sp³-hybridized carbons (Fsp3) is 0.310. The van der Waals surface area contributed by atoms with Crippen LogP contribution < -0.4 is 5.32 Å². The molecule has 0 saturated carbocycles. The average Bonchev–Trinajstić information content (AvgIpc) is 3.21. The highest BCUT2D eigenvalue weighted by Gasteiger charge is 2.18. The maximum Gasteiger partial charge on any atom is 0.138 e. The molecule has 4 heteroatoms. The van der Waals surface area contributed by atoms with Gasteiger partial charge < -0.3 is 10.3 Å². The molecule has 2 aromatic heterocycles. The Morgan fingerprint density at radius 1 is 1.03 bits per heavy atom. The van der Waals surface area contributed by atoms with Gasteiger partial charge in [0.1, 0.15) is 5.82 Å². The topological polar surface area (TPSA) is 53.6 Å². The van der Waals surface area contributed by atoms with Crippen LogP contribution in [0.4, 0.5) is 11.4 Å². The molecule has 4 aromatic rings. The number of anilines is 2. The van der Waals surface area contributed by atoms with Gasteiger partial charge in [-0.25, -0.2) is 4.98 Å². The Morgan fingerprint density at radius 2 is 1.94 bits per heavy atom. The molecule has 0 amide bonds. The van der Waals surface area contributed by atoms with E-state index in [0.29, 0.717) is 0 Å². The van der Waals surface area contributed by atoms with Gasteiger partial charge in [-0.1, -0.05) is 31.5 Å². The highest BCUT2D eigenvalue weighted by Crippen LogP contribution is 2.34. The molecule has 0 aliphatic heterocycles. The third kappa shape index (κ3) is 4.56. The number of nitrogens with zero attached hydrogens (tertiary/aromatic N) is 2. The standard InChI is InChI=1S/C29H32N4/c1-4-21-7-5-9-25-22(15-21)8-6-10-27(25)32-24-14-11-19(2)26(16-24)29-31-18-28(33-29)23-13-12-20(3)30-17-23/h6,8,10-14,16-18,21,32H,4-5,7,9,15H2,1-3H3,(H,31,33). The summed E-state index contributed by atoms with van der Waals surface area (Å²) >= 11 is 0. The van der Waals surface area contributed by atoms with Crippen LogP contribution in [0.2, 0.25) is 0 Å². The van der Waals surface area contributed by atoms with E-state index in [9.17, 15) is 0 Å². The number of benzene rings is 2. The lowest BCUT2D eigenvalue weighted by atomic mass is 9.94. The molecular weight excluding hydrogens is 404 g/mol. The van der Waals surface area contributed by atoms with Gasteiger partial charge in [-0.05, 0) is 92.5 Å². The lowest BCUT2D eigenvalue weighted by molar-refractivity contribution is 0.466. The minimum absolute atomic E-state index is 0.810. The number of imidazole rings is 1. The number of aromatic amines is 1. The molecule has 2 heterocycles. The van der Waals surface area contributed by atoms with E-state index in [4.69, 9.17) is 0 Å². The second-order valence-corrected chi connectivity index (χ2v) is 9.30. The van der Waals surface area contributed by atoms with E-state index < -0.39 is 0 Å². The summed E-state index contributed by atoms with van der Waals surface area (Å²) in [5, 5.41) is 3.72.